The van der Waals surface area contributed by atoms with Gasteiger partial charge in [-0.05, 0) is 41.8 Å². The summed E-state index contributed by atoms with van der Waals surface area (Å²) in [6.07, 6.45) is 6.91. The molecule has 2 aliphatic rings. The summed E-state index contributed by atoms with van der Waals surface area (Å²) >= 11 is 1.82. The van der Waals surface area contributed by atoms with E-state index < -0.39 is 0 Å². The fraction of sp³-hybridized carbons (Fsp3) is 0.417. The molecule has 0 unspecified atom stereocenters. The Labute approximate surface area is 175 Å². The minimum absolute atomic E-state index is 0.0951. The molecule has 1 saturated carbocycles. The molecule has 0 radical (unpaired) electrons. The Bertz CT molecular complexity index is 1030. The average molecular weight is 406 g/mol. The summed E-state index contributed by atoms with van der Waals surface area (Å²) in [5.74, 6) is 1.36. The van der Waals surface area contributed by atoms with E-state index in [0.717, 1.165) is 56.0 Å². The maximum absolute atomic E-state index is 12.6. The molecule has 0 saturated heterocycles. The van der Waals surface area contributed by atoms with Gasteiger partial charge in [0.15, 0.2) is 0 Å². The second-order valence-electron chi connectivity index (χ2n) is 8.34. The van der Waals surface area contributed by atoms with Gasteiger partial charge in [-0.15, -0.1) is 11.3 Å². The van der Waals surface area contributed by atoms with Crippen molar-refractivity contribution in [3.63, 3.8) is 0 Å². The molecule has 1 fully saturated rings. The number of fused-ring (bicyclic) bond motifs is 1. The van der Waals surface area contributed by atoms with Crippen molar-refractivity contribution in [2.24, 2.45) is 0 Å². The SMILES string of the molecule is O=c1[nH]c(C2CCCCC2)nc2c1CCN(Cc1cc(-c3ccccc3)cs1)C2. The van der Waals surface area contributed by atoms with Crippen LogP contribution in [0.4, 0.5) is 0 Å². The van der Waals surface area contributed by atoms with Gasteiger partial charge in [-0.25, -0.2) is 4.98 Å². The number of aromatic nitrogens is 2. The monoisotopic (exact) mass is 405 g/mol. The first-order valence-electron chi connectivity index (χ1n) is 10.7. The van der Waals surface area contributed by atoms with Crippen LogP contribution in [0.2, 0.25) is 0 Å². The fourth-order valence-electron chi connectivity index (χ4n) is 4.68. The smallest absolute Gasteiger partial charge is 0.254 e. The van der Waals surface area contributed by atoms with E-state index in [1.165, 1.54) is 35.3 Å². The first-order valence-corrected chi connectivity index (χ1v) is 11.6. The Morgan fingerprint density at radius 2 is 1.93 bits per heavy atom. The number of benzene rings is 1. The van der Waals surface area contributed by atoms with Crippen LogP contribution in [0.3, 0.4) is 0 Å². The van der Waals surface area contributed by atoms with Gasteiger partial charge in [0.05, 0.1) is 5.69 Å². The summed E-state index contributed by atoms with van der Waals surface area (Å²) in [6, 6.07) is 12.8. The molecule has 1 aliphatic heterocycles. The number of nitrogens with zero attached hydrogens (tertiary/aromatic N) is 2. The topological polar surface area (TPSA) is 49.0 Å². The van der Waals surface area contributed by atoms with E-state index in [1.807, 2.05) is 11.3 Å². The van der Waals surface area contributed by atoms with Crippen molar-refractivity contribution in [1.82, 2.24) is 14.9 Å². The van der Waals surface area contributed by atoms with E-state index in [4.69, 9.17) is 4.98 Å². The van der Waals surface area contributed by atoms with Crippen LogP contribution >= 0.6 is 11.3 Å². The number of nitrogens with one attached hydrogen (secondary N) is 1. The summed E-state index contributed by atoms with van der Waals surface area (Å²) in [5.41, 5.74) is 4.55. The second kappa shape index (κ2) is 8.25. The van der Waals surface area contributed by atoms with Gasteiger partial charge in [-0.3, -0.25) is 9.69 Å². The van der Waals surface area contributed by atoms with Gasteiger partial charge in [-0.2, -0.15) is 0 Å². The highest BCUT2D eigenvalue weighted by Gasteiger charge is 2.24. The van der Waals surface area contributed by atoms with Gasteiger partial charge in [0, 0.05) is 36.0 Å². The molecule has 0 amide bonds. The van der Waals surface area contributed by atoms with Crippen molar-refractivity contribution >= 4 is 11.3 Å². The molecule has 3 aromatic rings. The minimum Gasteiger partial charge on any atom is -0.310 e. The summed E-state index contributed by atoms with van der Waals surface area (Å²) in [6.45, 7) is 2.61. The highest BCUT2D eigenvalue weighted by Crippen LogP contribution is 2.31. The molecule has 29 heavy (non-hydrogen) atoms. The van der Waals surface area contributed by atoms with Gasteiger partial charge in [0.1, 0.15) is 5.82 Å². The van der Waals surface area contributed by atoms with Crippen LogP contribution in [0.1, 0.15) is 60.0 Å². The largest absolute Gasteiger partial charge is 0.310 e. The van der Waals surface area contributed by atoms with Crippen molar-refractivity contribution < 1.29 is 0 Å². The molecule has 1 aliphatic carbocycles. The lowest BCUT2D eigenvalue weighted by Crippen LogP contribution is -2.35. The van der Waals surface area contributed by atoms with Gasteiger partial charge < -0.3 is 4.98 Å². The van der Waals surface area contributed by atoms with Crippen LogP contribution in [0.15, 0.2) is 46.6 Å². The number of H-pyrrole nitrogens is 1. The molecular formula is C24H27N3OS. The molecule has 1 aromatic carbocycles. The van der Waals surface area contributed by atoms with Crippen molar-refractivity contribution in [3.05, 3.63) is 74.1 Å². The summed E-state index contributed by atoms with van der Waals surface area (Å²) in [4.78, 5) is 24.5. The normalized spacial score (nSPS) is 17.9. The first-order chi connectivity index (χ1) is 14.3. The number of rotatable bonds is 4. The van der Waals surface area contributed by atoms with Crippen molar-refractivity contribution in [1.29, 1.82) is 0 Å². The number of thiophene rings is 1. The van der Waals surface area contributed by atoms with Crippen molar-refractivity contribution in [2.45, 2.75) is 57.5 Å². The van der Waals surface area contributed by atoms with E-state index in [2.05, 4.69) is 51.7 Å². The molecule has 0 spiro atoms. The lowest BCUT2D eigenvalue weighted by Gasteiger charge is -2.28. The van der Waals surface area contributed by atoms with Crippen molar-refractivity contribution in [2.75, 3.05) is 6.54 Å². The fourth-order valence-corrected chi connectivity index (χ4v) is 5.62. The van der Waals surface area contributed by atoms with Crippen LogP contribution < -0.4 is 5.56 Å². The Kier molecular flexibility index (Phi) is 5.34. The molecule has 2 aromatic heterocycles. The maximum atomic E-state index is 12.6. The second-order valence-corrected chi connectivity index (χ2v) is 9.34. The summed E-state index contributed by atoms with van der Waals surface area (Å²) in [7, 11) is 0. The Morgan fingerprint density at radius 3 is 2.76 bits per heavy atom. The first kappa shape index (κ1) is 18.8. The zero-order valence-electron chi connectivity index (χ0n) is 16.7. The molecule has 0 bridgehead atoms. The molecule has 0 atom stereocenters. The highest BCUT2D eigenvalue weighted by atomic mass is 32.1. The molecule has 1 N–H and O–H groups in total. The Morgan fingerprint density at radius 1 is 1.10 bits per heavy atom. The Balaban J connectivity index is 1.32. The van der Waals surface area contributed by atoms with Crippen LogP contribution in [-0.2, 0) is 19.5 Å². The van der Waals surface area contributed by atoms with Crippen LogP contribution in [0.25, 0.3) is 11.1 Å². The summed E-state index contributed by atoms with van der Waals surface area (Å²) in [5, 5.41) is 2.24. The van der Waals surface area contributed by atoms with E-state index in [1.54, 1.807) is 0 Å². The van der Waals surface area contributed by atoms with Crippen LogP contribution in [-0.4, -0.2) is 21.4 Å². The standard InChI is InChI=1S/C24H27N3OS/c28-24-21-11-12-27(14-20-13-19(16-29-20)17-7-3-1-4-8-17)15-22(21)25-23(26-24)18-9-5-2-6-10-18/h1,3-4,7-8,13,16,18H,2,5-6,9-12,14-15H2,(H,25,26,28). The number of hydrogen-bond donors (Lipinski definition) is 1. The molecular weight excluding hydrogens is 378 g/mol. The van der Waals surface area contributed by atoms with E-state index in [-0.39, 0.29) is 5.56 Å². The van der Waals surface area contributed by atoms with Gasteiger partial charge in [0.2, 0.25) is 0 Å². The van der Waals surface area contributed by atoms with Crippen molar-refractivity contribution in [3.8, 4) is 11.1 Å². The molecule has 5 heteroatoms. The van der Waals surface area contributed by atoms with Crippen LogP contribution in [0.5, 0.6) is 0 Å². The average Bonchev–Trinajstić information content (AvgIpc) is 3.23. The zero-order chi connectivity index (χ0) is 19.6. The lowest BCUT2D eigenvalue weighted by atomic mass is 9.88. The van der Waals surface area contributed by atoms with E-state index in [9.17, 15) is 4.79 Å². The minimum atomic E-state index is 0.0951. The number of aromatic amines is 1. The quantitative estimate of drug-likeness (QED) is 0.657. The third-order valence-electron chi connectivity index (χ3n) is 6.30. The molecule has 5 rings (SSSR count). The van der Waals surface area contributed by atoms with Gasteiger partial charge in [0.25, 0.3) is 5.56 Å². The predicted octanol–water partition coefficient (Wildman–Crippen LogP) is 5.10. The predicted molar refractivity (Wildman–Crippen MR) is 118 cm³/mol. The van der Waals surface area contributed by atoms with Gasteiger partial charge in [-0.1, -0.05) is 49.6 Å². The molecule has 4 nitrogen and oxygen atoms in total. The third kappa shape index (κ3) is 4.07. The third-order valence-corrected chi connectivity index (χ3v) is 7.22. The Hall–Kier alpha value is -2.24. The van der Waals surface area contributed by atoms with Crippen LogP contribution in [0, 0.1) is 0 Å². The molecule has 150 valence electrons. The highest BCUT2D eigenvalue weighted by molar-refractivity contribution is 7.10. The van der Waals surface area contributed by atoms with Gasteiger partial charge >= 0.3 is 0 Å². The maximum Gasteiger partial charge on any atom is 0.254 e. The molecule has 3 heterocycles. The van der Waals surface area contributed by atoms with E-state index >= 15 is 0 Å². The zero-order valence-corrected chi connectivity index (χ0v) is 17.5. The number of hydrogen-bond acceptors (Lipinski definition) is 4. The van der Waals surface area contributed by atoms with E-state index in [0.29, 0.717) is 5.92 Å². The summed E-state index contributed by atoms with van der Waals surface area (Å²) < 4.78 is 0. The lowest BCUT2D eigenvalue weighted by molar-refractivity contribution is 0.241.